The molecule has 2 aromatic rings. The average molecular weight is 367 g/mol. The van der Waals surface area contributed by atoms with Crippen molar-refractivity contribution in [1.82, 2.24) is 15.2 Å². The van der Waals surface area contributed by atoms with Gasteiger partial charge in [0, 0.05) is 32.0 Å². The first kappa shape index (κ1) is 18.9. The van der Waals surface area contributed by atoms with Crippen molar-refractivity contribution in [3.8, 4) is 5.75 Å². The number of likely N-dealkylation sites (tertiary alicyclic amines) is 1. The van der Waals surface area contributed by atoms with Gasteiger partial charge in [-0.05, 0) is 48.6 Å². The number of carbonyl (C=O) groups is 2. The van der Waals surface area contributed by atoms with Crippen LogP contribution in [0.3, 0.4) is 0 Å². The fourth-order valence-corrected chi connectivity index (χ4v) is 3.30. The molecule has 1 aliphatic rings. The second kappa shape index (κ2) is 9.16. The van der Waals surface area contributed by atoms with Crippen LogP contribution < -0.4 is 10.1 Å². The van der Waals surface area contributed by atoms with E-state index >= 15 is 0 Å². The van der Waals surface area contributed by atoms with Crippen LogP contribution in [0, 0.1) is 5.92 Å². The molecule has 27 heavy (non-hydrogen) atoms. The Hall–Kier alpha value is -2.89. The van der Waals surface area contributed by atoms with Crippen molar-refractivity contribution in [3.05, 3.63) is 59.9 Å². The Bertz CT molecular complexity index is 771. The third kappa shape index (κ3) is 5.29. The van der Waals surface area contributed by atoms with Crippen molar-refractivity contribution in [2.45, 2.75) is 19.3 Å². The highest BCUT2D eigenvalue weighted by Gasteiger charge is 2.24. The first-order valence-electron chi connectivity index (χ1n) is 9.24. The van der Waals surface area contributed by atoms with Gasteiger partial charge in [-0.1, -0.05) is 12.1 Å². The van der Waals surface area contributed by atoms with Gasteiger partial charge in [0.15, 0.2) is 0 Å². The van der Waals surface area contributed by atoms with Crippen LogP contribution in [0.4, 0.5) is 0 Å². The van der Waals surface area contributed by atoms with E-state index in [9.17, 15) is 9.59 Å². The zero-order valence-corrected chi connectivity index (χ0v) is 15.6. The monoisotopic (exact) mass is 367 g/mol. The fraction of sp³-hybridized carbons (Fsp3) is 0.381. The lowest BCUT2D eigenvalue weighted by molar-refractivity contribution is -0.120. The summed E-state index contributed by atoms with van der Waals surface area (Å²) in [5.41, 5.74) is 1.56. The van der Waals surface area contributed by atoms with E-state index in [0.29, 0.717) is 37.5 Å². The molecule has 1 aromatic carbocycles. The van der Waals surface area contributed by atoms with Gasteiger partial charge < -0.3 is 15.0 Å². The molecular formula is C21H25N3O3. The van der Waals surface area contributed by atoms with E-state index in [1.54, 1.807) is 31.6 Å². The maximum atomic E-state index is 12.4. The molecular weight excluding hydrogens is 342 g/mol. The van der Waals surface area contributed by atoms with Crippen molar-refractivity contribution in [2.24, 2.45) is 5.92 Å². The molecule has 6 heteroatoms. The molecule has 6 nitrogen and oxygen atoms in total. The molecule has 0 radical (unpaired) electrons. The van der Waals surface area contributed by atoms with Crippen LogP contribution in [0.25, 0.3) is 0 Å². The second-order valence-electron chi connectivity index (χ2n) is 6.81. The minimum absolute atomic E-state index is 0.0112. The number of nitrogens with one attached hydrogen (secondary N) is 1. The number of aromatic nitrogens is 1. The van der Waals surface area contributed by atoms with Gasteiger partial charge in [0.05, 0.1) is 19.1 Å². The normalized spacial score (nSPS) is 14.6. The molecule has 0 aliphatic carbocycles. The van der Waals surface area contributed by atoms with E-state index in [1.165, 1.54) is 0 Å². The Morgan fingerprint density at radius 3 is 2.74 bits per heavy atom. The minimum Gasteiger partial charge on any atom is -0.497 e. The lowest BCUT2D eigenvalue weighted by Crippen LogP contribution is -2.41. The molecule has 1 aliphatic heterocycles. The maximum Gasteiger partial charge on any atom is 0.255 e. The maximum absolute atomic E-state index is 12.4. The number of carbonyl (C=O) groups excluding carboxylic acids is 2. The average Bonchev–Trinajstić information content (AvgIpc) is 2.73. The number of ether oxygens (including phenoxy) is 1. The van der Waals surface area contributed by atoms with Crippen LogP contribution in [0.15, 0.2) is 48.8 Å². The molecule has 0 atom stereocenters. The zero-order chi connectivity index (χ0) is 19.1. The van der Waals surface area contributed by atoms with Crippen molar-refractivity contribution in [3.63, 3.8) is 0 Å². The van der Waals surface area contributed by atoms with Crippen LogP contribution in [0.1, 0.15) is 28.8 Å². The van der Waals surface area contributed by atoms with Crippen LogP contribution >= 0.6 is 0 Å². The van der Waals surface area contributed by atoms with Crippen LogP contribution in [-0.2, 0) is 11.2 Å². The summed E-state index contributed by atoms with van der Waals surface area (Å²) in [4.78, 5) is 30.5. The zero-order valence-electron chi connectivity index (χ0n) is 15.6. The van der Waals surface area contributed by atoms with E-state index in [0.717, 1.165) is 24.2 Å². The van der Waals surface area contributed by atoms with Gasteiger partial charge in [-0.25, -0.2) is 0 Å². The van der Waals surface area contributed by atoms with Gasteiger partial charge >= 0.3 is 0 Å². The van der Waals surface area contributed by atoms with Crippen molar-refractivity contribution >= 4 is 11.8 Å². The SMILES string of the molecule is COc1cccc(CC(=O)NCC2CCN(C(=O)c3cccnc3)CC2)c1. The van der Waals surface area contributed by atoms with Crippen LogP contribution in [0.2, 0.25) is 0 Å². The largest absolute Gasteiger partial charge is 0.497 e. The Balaban J connectivity index is 1.41. The second-order valence-corrected chi connectivity index (χ2v) is 6.81. The summed E-state index contributed by atoms with van der Waals surface area (Å²) >= 11 is 0. The quantitative estimate of drug-likeness (QED) is 0.850. The molecule has 142 valence electrons. The summed E-state index contributed by atoms with van der Waals surface area (Å²) in [5, 5.41) is 3.02. The molecule has 1 aromatic heterocycles. The fourth-order valence-electron chi connectivity index (χ4n) is 3.30. The number of rotatable bonds is 6. The smallest absolute Gasteiger partial charge is 0.255 e. The van der Waals surface area contributed by atoms with Crippen molar-refractivity contribution in [2.75, 3.05) is 26.7 Å². The Labute approximate surface area is 159 Å². The lowest BCUT2D eigenvalue weighted by Gasteiger charge is -2.32. The number of piperidine rings is 1. The minimum atomic E-state index is 0.0112. The Morgan fingerprint density at radius 2 is 2.04 bits per heavy atom. The number of methoxy groups -OCH3 is 1. The van der Waals surface area contributed by atoms with Gasteiger partial charge in [-0.15, -0.1) is 0 Å². The summed E-state index contributed by atoms with van der Waals surface area (Å²) in [6.45, 7) is 2.08. The molecule has 0 saturated carbocycles. The van der Waals surface area contributed by atoms with E-state index < -0.39 is 0 Å². The van der Waals surface area contributed by atoms with Crippen molar-refractivity contribution < 1.29 is 14.3 Å². The van der Waals surface area contributed by atoms with Gasteiger partial charge in [-0.2, -0.15) is 0 Å². The third-order valence-corrected chi connectivity index (χ3v) is 4.90. The molecule has 3 rings (SSSR count). The molecule has 0 spiro atoms. The molecule has 2 heterocycles. The third-order valence-electron chi connectivity index (χ3n) is 4.90. The molecule has 2 amide bonds. The molecule has 1 fully saturated rings. The van der Waals surface area contributed by atoms with Crippen LogP contribution in [-0.4, -0.2) is 48.4 Å². The number of benzene rings is 1. The van der Waals surface area contributed by atoms with E-state index in [2.05, 4.69) is 10.3 Å². The standard InChI is InChI=1S/C21H25N3O3/c1-27-19-6-2-4-17(12-19)13-20(25)23-14-16-7-10-24(11-8-16)21(26)18-5-3-9-22-15-18/h2-6,9,12,15-16H,7-8,10-11,13-14H2,1H3,(H,23,25). The molecule has 0 bridgehead atoms. The number of nitrogens with zero attached hydrogens (tertiary/aromatic N) is 2. The first-order valence-corrected chi connectivity index (χ1v) is 9.24. The van der Waals surface area contributed by atoms with E-state index in [4.69, 9.17) is 4.74 Å². The Kier molecular flexibility index (Phi) is 6.41. The van der Waals surface area contributed by atoms with E-state index in [1.807, 2.05) is 29.2 Å². The topological polar surface area (TPSA) is 71.5 Å². The van der Waals surface area contributed by atoms with Crippen LogP contribution in [0.5, 0.6) is 5.75 Å². The first-order chi connectivity index (χ1) is 13.2. The number of amides is 2. The van der Waals surface area contributed by atoms with Gasteiger partial charge in [0.1, 0.15) is 5.75 Å². The number of hydrogen-bond acceptors (Lipinski definition) is 4. The summed E-state index contributed by atoms with van der Waals surface area (Å²) < 4.78 is 5.19. The summed E-state index contributed by atoms with van der Waals surface area (Å²) in [6, 6.07) is 11.1. The number of pyridine rings is 1. The predicted octanol–water partition coefficient (Wildman–Crippen LogP) is 2.30. The van der Waals surface area contributed by atoms with Gasteiger partial charge in [-0.3, -0.25) is 14.6 Å². The van der Waals surface area contributed by atoms with Gasteiger partial charge in [0.2, 0.25) is 5.91 Å². The van der Waals surface area contributed by atoms with E-state index in [-0.39, 0.29) is 11.8 Å². The summed E-state index contributed by atoms with van der Waals surface area (Å²) in [7, 11) is 1.62. The molecule has 0 unspecified atom stereocenters. The molecule has 1 N–H and O–H groups in total. The Morgan fingerprint density at radius 1 is 1.22 bits per heavy atom. The lowest BCUT2D eigenvalue weighted by atomic mass is 9.96. The van der Waals surface area contributed by atoms with Gasteiger partial charge in [0.25, 0.3) is 5.91 Å². The summed E-state index contributed by atoms with van der Waals surface area (Å²) in [6.07, 6.45) is 5.40. The highest BCUT2D eigenvalue weighted by Crippen LogP contribution is 2.18. The molecule has 1 saturated heterocycles. The predicted molar refractivity (Wildman–Crippen MR) is 103 cm³/mol. The highest BCUT2D eigenvalue weighted by molar-refractivity contribution is 5.93. The van der Waals surface area contributed by atoms with Crippen molar-refractivity contribution in [1.29, 1.82) is 0 Å². The highest BCUT2D eigenvalue weighted by atomic mass is 16.5. The summed E-state index contributed by atoms with van der Waals surface area (Å²) in [5.74, 6) is 1.20. The number of hydrogen-bond donors (Lipinski definition) is 1.